The summed E-state index contributed by atoms with van der Waals surface area (Å²) < 4.78 is 0. The highest BCUT2D eigenvalue weighted by Crippen LogP contribution is 2.24. The van der Waals surface area contributed by atoms with Crippen LogP contribution in [0, 0.1) is 5.92 Å². The first kappa shape index (κ1) is 10.0. The molecule has 0 aromatic carbocycles. The van der Waals surface area contributed by atoms with Crippen LogP contribution in [0.2, 0.25) is 0 Å². The van der Waals surface area contributed by atoms with Crippen molar-refractivity contribution in [3.05, 3.63) is 0 Å². The molecular weight excluding hydrogens is 170 g/mol. The normalized spacial score (nSPS) is 28.1. The van der Waals surface area contributed by atoms with Gasteiger partial charge in [-0.3, -0.25) is 9.59 Å². The molecule has 1 aliphatic rings. The average molecular weight is 185 g/mol. The fourth-order valence-corrected chi connectivity index (χ4v) is 1.86. The summed E-state index contributed by atoms with van der Waals surface area (Å²) >= 11 is 0. The minimum Gasteiger partial charge on any atom is -0.481 e. The lowest BCUT2D eigenvalue weighted by Gasteiger charge is -2.28. The summed E-state index contributed by atoms with van der Waals surface area (Å²) in [4.78, 5) is 21.6. The van der Waals surface area contributed by atoms with Crippen LogP contribution in [0.4, 0.5) is 0 Å². The number of rotatable bonds is 2. The van der Waals surface area contributed by atoms with Crippen LogP contribution in [0.25, 0.3) is 0 Å². The molecule has 1 rings (SSSR count). The Bertz CT molecular complexity index is 215. The molecule has 4 heteroatoms. The van der Waals surface area contributed by atoms with E-state index >= 15 is 0 Å². The van der Waals surface area contributed by atoms with Crippen molar-refractivity contribution in [3.8, 4) is 0 Å². The van der Waals surface area contributed by atoms with Gasteiger partial charge in [-0.25, -0.2) is 0 Å². The molecule has 13 heavy (non-hydrogen) atoms. The molecule has 0 aromatic heterocycles. The fraction of sp³-hybridized carbons (Fsp3) is 0.778. The van der Waals surface area contributed by atoms with E-state index in [2.05, 4.69) is 5.32 Å². The zero-order valence-electron chi connectivity index (χ0n) is 7.75. The number of hydrogen-bond acceptors (Lipinski definition) is 2. The van der Waals surface area contributed by atoms with Gasteiger partial charge in [-0.05, 0) is 12.8 Å². The zero-order valence-corrected chi connectivity index (χ0v) is 7.75. The summed E-state index contributed by atoms with van der Waals surface area (Å²) in [5.74, 6) is -1.32. The van der Waals surface area contributed by atoms with Gasteiger partial charge < -0.3 is 10.4 Å². The van der Waals surface area contributed by atoms with Crippen LogP contribution in [-0.4, -0.2) is 23.0 Å². The molecule has 0 unspecified atom stereocenters. The fourth-order valence-electron chi connectivity index (χ4n) is 1.86. The smallest absolute Gasteiger partial charge is 0.308 e. The lowest BCUT2D eigenvalue weighted by Crippen LogP contribution is -2.44. The van der Waals surface area contributed by atoms with E-state index < -0.39 is 11.9 Å². The highest BCUT2D eigenvalue weighted by molar-refractivity contribution is 5.76. The first-order chi connectivity index (χ1) is 6.11. The van der Waals surface area contributed by atoms with Crippen molar-refractivity contribution in [2.24, 2.45) is 5.92 Å². The van der Waals surface area contributed by atoms with Gasteiger partial charge in [-0.1, -0.05) is 12.8 Å². The summed E-state index contributed by atoms with van der Waals surface area (Å²) in [5.41, 5.74) is 0. The number of carboxylic acids is 1. The van der Waals surface area contributed by atoms with Crippen LogP contribution in [-0.2, 0) is 9.59 Å². The molecule has 0 aromatic rings. The average Bonchev–Trinajstić information content (AvgIpc) is 2.03. The predicted molar refractivity (Wildman–Crippen MR) is 47.2 cm³/mol. The second-order valence-corrected chi connectivity index (χ2v) is 3.54. The lowest BCUT2D eigenvalue weighted by atomic mass is 9.84. The minimum absolute atomic E-state index is 0.141. The number of amides is 1. The van der Waals surface area contributed by atoms with E-state index in [4.69, 9.17) is 5.11 Å². The van der Waals surface area contributed by atoms with Crippen LogP contribution in [0.15, 0.2) is 0 Å². The van der Waals surface area contributed by atoms with Crippen LogP contribution in [0.5, 0.6) is 0 Å². The molecule has 1 aliphatic carbocycles. The van der Waals surface area contributed by atoms with Gasteiger partial charge in [0.15, 0.2) is 0 Å². The Balaban J connectivity index is 2.56. The Hall–Kier alpha value is -1.06. The second kappa shape index (κ2) is 4.25. The summed E-state index contributed by atoms with van der Waals surface area (Å²) in [6, 6.07) is -0.163. The van der Waals surface area contributed by atoms with Crippen molar-refractivity contribution in [1.29, 1.82) is 0 Å². The number of hydrogen-bond donors (Lipinski definition) is 2. The van der Waals surface area contributed by atoms with Gasteiger partial charge in [0, 0.05) is 13.0 Å². The SMILES string of the molecule is CC(=O)N[C@H]1CCCC[C@@H]1C(=O)O. The summed E-state index contributed by atoms with van der Waals surface area (Å²) in [7, 11) is 0. The number of nitrogens with one attached hydrogen (secondary N) is 1. The van der Waals surface area contributed by atoms with Crippen LogP contribution in [0.3, 0.4) is 0 Å². The molecule has 74 valence electrons. The van der Waals surface area contributed by atoms with Gasteiger partial charge in [0.2, 0.25) is 5.91 Å². The largest absolute Gasteiger partial charge is 0.481 e. The number of carboxylic acid groups (broad SMARTS) is 1. The molecule has 0 radical (unpaired) electrons. The van der Waals surface area contributed by atoms with E-state index in [9.17, 15) is 9.59 Å². The maximum Gasteiger partial charge on any atom is 0.308 e. The molecule has 0 saturated heterocycles. The number of aliphatic carboxylic acids is 1. The van der Waals surface area contributed by atoms with E-state index in [0.717, 1.165) is 19.3 Å². The highest BCUT2D eigenvalue weighted by Gasteiger charge is 2.30. The van der Waals surface area contributed by atoms with Crippen molar-refractivity contribution >= 4 is 11.9 Å². The van der Waals surface area contributed by atoms with Crippen molar-refractivity contribution in [2.45, 2.75) is 38.6 Å². The molecule has 2 N–H and O–H groups in total. The third-order valence-electron chi connectivity index (χ3n) is 2.47. The van der Waals surface area contributed by atoms with E-state index in [1.54, 1.807) is 0 Å². The van der Waals surface area contributed by atoms with Gasteiger partial charge in [0.1, 0.15) is 0 Å². The van der Waals surface area contributed by atoms with Crippen molar-refractivity contribution in [3.63, 3.8) is 0 Å². The molecule has 0 bridgehead atoms. The van der Waals surface area contributed by atoms with E-state index in [1.165, 1.54) is 6.92 Å². The quantitative estimate of drug-likeness (QED) is 0.667. The van der Waals surface area contributed by atoms with Crippen molar-refractivity contribution in [2.75, 3.05) is 0 Å². The molecule has 1 saturated carbocycles. The molecule has 0 aliphatic heterocycles. The predicted octanol–water partition coefficient (Wildman–Crippen LogP) is 0.766. The Kier molecular flexibility index (Phi) is 3.28. The molecule has 0 spiro atoms. The van der Waals surface area contributed by atoms with Crippen molar-refractivity contribution < 1.29 is 14.7 Å². The summed E-state index contributed by atoms with van der Waals surface area (Å²) in [6.45, 7) is 1.42. The molecule has 1 fully saturated rings. The lowest BCUT2D eigenvalue weighted by molar-refractivity contribution is -0.144. The molecule has 1 amide bonds. The Morgan fingerprint density at radius 3 is 2.46 bits per heavy atom. The zero-order chi connectivity index (χ0) is 9.84. The Morgan fingerprint density at radius 1 is 1.31 bits per heavy atom. The second-order valence-electron chi connectivity index (χ2n) is 3.54. The topological polar surface area (TPSA) is 66.4 Å². The standard InChI is InChI=1S/C9H15NO3/c1-6(11)10-8-5-3-2-4-7(8)9(12)13/h7-8H,2-5H2,1H3,(H,10,11)(H,12,13)/t7-,8-/m0/s1. The van der Waals surface area contributed by atoms with Gasteiger partial charge in [-0.15, -0.1) is 0 Å². The first-order valence-electron chi connectivity index (χ1n) is 4.61. The van der Waals surface area contributed by atoms with Gasteiger partial charge in [-0.2, -0.15) is 0 Å². The van der Waals surface area contributed by atoms with Crippen LogP contribution >= 0.6 is 0 Å². The van der Waals surface area contributed by atoms with Gasteiger partial charge >= 0.3 is 5.97 Å². The molecular formula is C9H15NO3. The van der Waals surface area contributed by atoms with E-state index in [0.29, 0.717) is 6.42 Å². The van der Waals surface area contributed by atoms with Crippen LogP contribution < -0.4 is 5.32 Å². The van der Waals surface area contributed by atoms with Crippen LogP contribution in [0.1, 0.15) is 32.6 Å². The summed E-state index contributed by atoms with van der Waals surface area (Å²) in [5, 5.41) is 11.6. The maximum absolute atomic E-state index is 10.8. The van der Waals surface area contributed by atoms with Crippen molar-refractivity contribution in [1.82, 2.24) is 5.32 Å². The Labute approximate surface area is 77.3 Å². The summed E-state index contributed by atoms with van der Waals surface area (Å²) in [6.07, 6.45) is 3.43. The molecule has 4 nitrogen and oxygen atoms in total. The number of carbonyl (C=O) groups excluding carboxylic acids is 1. The third-order valence-corrected chi connectivity index (χ3v) is 2.47. The highest BCUT2D eigenvalue weighted by atomic mass is 16.4. The molecule has 0 heterocycles. The third kappa shape index (κ3) is 2.72. The van der Waals surface area contributed by atoms with E-state index in [-0.39, 0.29) is 11.9 Å². The maximum atomic E-state index is 10.8. The minimum atomic E-state index is -0.793. The van der Waals surface area contributed by atoms with Gasteiger partial charge in [0.25, 0.3) is 0 Å². The van der Waals surface area contributed by atoms with Gasteiger partial charge in [0.05, 0.1) is 5.92 Å². The molecule has 2 atom stereocenters. The Morgan fingerprint density at radius 2 is 1.92 bits per heavy atom. The van der Waals surface area contributed by atoms with E-state index in [1.807, 2.05) is 0 Å². The number of carbonyl (C=O) groups is 2. The monoisotopic (exact) mass is 185 g/mol. The first-order valence-corrected chi connectivity index (χ1v) is 4.61.